The van der Waals surface area contributed by atoms with E-state index < -0.39 is 5.91 Å². The minimum absolute atomic E-state index is 0.421. The number of benzene rings is 1. The Hall–Kier alpha value is -2.30. The van der Waals surface area contributed by atoms with E-state index in [0.29, 0.717) is 12.2 Å². The lowest BCUT2D eigenvalue weighted by atomic mass is 10.0. The summed E-state index contributed by atoms with van der Waals surface area (Å²) >= 11 is 0. The lowest BCUT2D eigenvalue weighted by molar-refractivity contribution is 0.0994. The average Bonchev–Trinajstić information content (AvgIpc) is 2.85. The fraction of sp³-hybridized carbons (Fsp3) is 0.375. The second kappa shape index (κ2) is 5.24. The molecule has 0 spiro atoms. The third kappa shape index (κ3) is 2.39. The molecule has 0 radical (unpaired) electrons. The van der Waals surface area contributed by atoms with Crippen LogP contribution in [0.4, 0.5) is 5.69 Å². The molecule has 1 aliphatic rings. The fourth-order valence-corrected chi connectivity index (χ4v) is 3.00. The van der Waals surface area contributed by atoms with Crippen LogP contribution in [0.5, 0.6) is 0 Å². The van der Waals surface area contributed by atoms with Crippen LogP contribution in [0.2, 0.25) is 0 Å². The molecule has 2 N–H and O–H groups in total. The molecule has 1 aliphatic heterocycles. The summed E-state index contributed by atoms with van der Waals surface area (Å²) in [6.07, 6.45) is 0.886. The molecule has 0 saturated carbocycles. The van der Waals surface area contributed by atoms with Crippen molar-refractivity contribution in [2.24, 2.45) is 5.73 Å². The Labute approximate surface area is 124 Å². The van der Waals surface area contributed by atoms with Gasteiger partial charge in [-0.25, -0.2) is 0 Å². The van der Waals surface area contributed by atoms with E-state index in [0.717, 1.165) is 30.8 Å². The Balaban J connectivity index is 1.98. The molecule has 0 bridgehead atoms. The third-order valence-corrected chi connectivity index (χ3v) is 4.03. The maximum absolute atomic E-state index is 11.6. The maximum Gasteiger partial charge on any atom is 0.269 e. The minimum atomic E-state index is -0.440. The first-order chi connectivity index (χ1) is 10.1. The smallest absolute Gasteiger partial charge is 0.269 e. The molecule has 0 aliphatic carbocycles. The zero-order valence-corrected chi connectivity index (χ0v) is 12.5. The van der Waals surface area contributed by atoms with E-state index in [1.54, 1.807) is 0 Å². The molecule has 0 saturated heterocycles. The van der Waals surface area contributed by atoms with Gasteiger partial charge >= 0.3 is 0 Å². The largest absolute Gasteiger partial charge is 0.367 e. The van der Waals surface area contributed by atoms with Gasteiger partial charge in [0.05, 0.1) is 0 Å². The molecule has 2 aromatic rings. The standard InChI is InChI=1S/C16H20N4O/c1-3-20-14-7-8-19(12-6-4-5-11(2)9-12)10-13(14)15(18-20)16(17)21/h4-6,9H,3,7-8,10H2,1-2H3,(H2,17,21). The molecule has 3 rings (SSSR count). The fourth-order valence-electron chi connectivity index (χ4n) is 3.00. The topological polar surface area (TPSA) is 64.2 Å². The van der Waals surface area contributed by atoms with E-state index in [2.05, 4.69) is 41.2 Å². The summed E-state index contributed by atoms with van der Waals surface area (Å²) in [7, 11) is 0. The van der Waals surface area contributed by atoms with Crippen molar-refractivity contribution in [2.45, 2.75) is 33.4 Å². The molecule has 5 heteroatoms. The summed E-state index contributed by atoms with van der Waals surface area (Å²) in [5.41, 5.74) is 10.4. The highest BCUT2D eigenvalue weighted by molar-refractivity contribution is 5.92. The lowest BCUT2D eigenvalue weighted by Gasteiger charge is -2.29. The number of nitrogens with two attached hydrogens (primary N) is 1. The van der Waals surface area contributed by atoms with Gasteiger partial charge in [0.15, 0.2) is 5.69 Å². The van der Waals surface area contributed by atoms with Gasteiger partial charge in [0, 0.05) is 43.0 Å². The molecular formula is C16H20N4O. The van der Waals surface area contributed by atoms with Gasteiger partial charge in [-0.15, -0.1) is 0 Å². The van der Waals surface area contributed by atoms with Crippen LogP contribution < -0.4 is 10.6 Å². The molecule has 5 nitrogen and oxygen atoms in total. The van der Waals surface area contributed by atoms with Crippen LogP contribution in [0.3, 0.4) is 0 Å². The van der Waals surface area contributed by atoms with E-state index in [-0.39, 0.29) is 0 Å². The second-order valence-electron chi connectivity index (χ2n) is 5.46. The van der Waals surface area contributed by atoms with Crippen LogP contribution in [-0.2, 0) is 19.5 Å². The summed E-state index contributed by atoms with van der Waals surface area (Å²) in [4.78, 5) is 13.9. The van der Waals surface area contributed by atoms with E-state index in [1.165, 1.54) is 11.3 Å². The molecule has 0 unspecified atom stereocenters. The molecule has 0 fully saturated rings. The van der Waals surface area contributed by atoms with Gasteiger partial charge in [-0.1, -0.05) is 12.1 Å². The van der Waals surface area contributed by atoms with E-state index in [1.807, 2.05) is 11.6 Å². The highest BCUT2D eigenvalue weighted by Gasteiger charge is 2.26. The van der Waals surface area contributed by atoms with Crippen LogP contribution in [0, 0.1) is 6.92 Å². The lowest BCUT2D eigenvalue weighted by Crippen LogP contribution is -2.32. The van der Waals surface area contributed by atoms with Crippen molar-refractivity contribution in [2.75, 3.05) is 11.4 Å². The SMILES string of the molecule is CCn1nc(C(N)=O)c2c1CCN(c1cccc(C)c1)C2. The predicted molar refractivity (Wildman–Crippen MR) is 82.4 cm³/mol. The van der Waals surface area contributed by atoms with Gasteiger partial charge in [-0.2, -0.15) is 5.10 Å². The van der Waals surface area contributed by atoms with Crippen molar-refractivity contribution in [1.29, 1.82) is 0 Å². The summed E-state index contributed by atoms with van der Waals surface area (Å²) in [5.74, 6) is -0.440. The average molecular weight is 284 g/mol. The van der Waals surface area contributed by atoms with Gasteiger partial charge < -0.3 is 10.6 Å². The monoisotopic (exact) mass is 284 g/mol. The summed E-state index contributed by atoms with van der Waals surface area (Å²) in [5, 5.41) is 4.37. The molecule has 110 valence electrons. The van der Waals surface area contributed by atoms with Crippen molar-refractivity contribution in [3.05, 3.63) is 46.8 Å². The van der Waals surface area contributed by atoms with Gasteiger partial charge in [0.25, 0.3) is 5.91 Å². The number of carbonyl (C=O) groups is 1. The Morgan fingerprint density at radius 3 is 2.90 bits per heavy atom. The number of primary amides is 1. The zero-order chi connectivity index (χ0) is 15.0. The molecule has 1 aromatic heterocycles. The highest BCUT2D eigenvalue weighted by atomic mass is 16.1. The first kappa shape index (κ1) is 13.7. The van der Waals surface area contributed by atoms with Crippen molar-refractivity contribution < 1.29 is 4.79 Å². The van der Waals surface area contributed by atoms with E-state index >= 15 is 0 Å². The number of aryl methyl sites for hydroxylation is 2. The molecule has 21 heavy (non-hydrogen) atoms. The third-order valence-electron chi connectivity index (χ3n) is 4.03. The second-order valence-corrected chi connectivity index (χ2v) is 5.46. The number of amides is 1. The number of fused-ring (bicyclic) bond motifs is 1. The summed E-state index contributed by atoms with van der Waals surface area (Å²) in [6.45, 7) is 6.51. The van der Waals surface area contributed by atoms with Crippen molar-refractivity contribution in [3.8, 4) is 0 Å². The molecule has 2 heterocycles. The number of hydrogen-bond donors (Lipinski definition) is 1. The maximum atomic E-state index is 11.6. The molecule has 1 amide bonds. The van der Waals surface area contributed by atoms with E-state index in [9.17, 15) is 4.79 Å². The van der Waals surface area contributed by atoms with Crippen LogP contribution >= 0.6 is 0 Å². The quantitative estimate of drug-likeness (QED) is 0.936. The Morgan fingerprint density at radius 1 is 1.43 bits per heavy atom. The number of anilines is 1. The molecule has 1 aromatic carbocycles. The first-order valence-electron chi connectivity index (χ1n) is 7.30. The number of rotatable bonds is 3. The van der Waals surface area contributed by atoms with Gasteiger partial charge in [-0.05, 0) is 31.5 Å². The van der Waals surface area contributed by atoms with Crippen LogP contribution in [0.1, 0.15) is 34.2 Å². The Bertz CT molecular complexity index is 690. The van der Waals surface area contributed by atoms with Crippen LogP contribution in [0.25, 0.3) is 0 Å². The number of hydrogen-bond acceptors (Lipinski definition) is 3. The van der Waals surface area contributed by atoms with Crippen molar-refractivity contribution >= 4 is 11.6 Å². The first-order valence-corrected chi connectivity index (χ1v) is 7.30. The number of carbonyl (C=O) groups excluding carboxylic acids is 1. The van der Waals surface area contributed by atoms with E-state index in [4.69, 9.17) is 5.73 Å². The van der Waals surface area contributed by atoms with Gasteiger partial charge in [0.2, 0.25) is 0 Å². The Morgan fingerprint density at radius 2 is 2.24 bits per heavy atom. The highest BCUT2D eigenvalue weighted by Crippen LogP contribution is 2.27. The normalized spacial score (nSPS) is 14.1. The van der Waals surface area contributed by atoms with Gasteiger partial charge in [0.1, 0.15) is 0 Å². The molecular weight excluding hydrogens is 264 g/mol. The zero-order valence-electron chi connectivity index (χ0n) is 12.5. The molecule has 0 atom stereocenters. The van der Waals surface area contributed by atoms with Crippen molar-refractivity contribution in [1.82, 2.24) is 9.78 Å². The van der Waals surface area contributed by atoms with Crippen LogP contribution in [-0.4, -0.2) is 22.2 Å². The summed E-state index contributed by atoms with van der Waals surface area (Å²) in [6, 6.07) is 8.42. The number of nitrogens with zero attached hydrogens (tertiary/aromatic N) is 3. The van der Waals surface area contributed by atoms with Gasteiger partial charge in [-0.3, -0.25) is 9.48 Å². The predicted octanol–water partition coefficient (Wildman–Crippen LogP) is 1.87. The number of aromatic nitrogens is 2. The Kier molecular flexibility index (Phi) is 3.41. The van der Waals surface area contributed by atoms with Crippen LogP contribution in [0.15, 0.2) is 24.3 Å². The summed E-state index contributed by atoms with van der Waals surface area (Å²) < 4.78 is 1.91. The minimum Gasteiger partial charge on any atom is -0.367 e. The van der Waals surface area contributed by atoms with Crippen molar-refractivity contribution in [3.63, 3.8) is 0 Å².